The largest absolute Gasteiger partial charge is 0.481 e. The van der Waals surface area contributed by atoms with E-state index in [1.54, 1.807) is 6.92 Å². The van der Waals surface area contributed by atoms with Crippen molar-refractivity contribution in [3.63, 3.8) is 0 Å². The van der Waals surface area contributed by atoms with Crippen molar-refractivity contribution in [2.24, 2.45) is 11.8 Å². The highest BCUT2D eigenvalue weighted by Crippen LogP contribution is 2.36. The van der Waals surface area contributed by atoms with Crippen molar-refractivity contribution in [3.05, 3.63) is 29.8 Å². The Morgan fingerprint density at radius 3 is 2.52 bits per heavy atom. The van der Waals surface area contributed by atoms with Gasteiger partial charge < -0.3 is 14.7 Å². The summed E-state index contributed by atoms with van der Waals surface area (Å²) in [5.41, 5.74) is -0.937. The number of piperidine rings is 1. The van der Waals surface area contributed by atoms with Crippen LogP contribution in [-0.4, -0.2) is 41.1 Å². The van der Waals surface area contributed by atoms with Crippen molar-refractivity contribution in [2.75, 3.05) is 13.1 Å². The first-order valence-electron chi connectivity index (χ1n) is 7.95. The second-order valence-electron chi connectivity index (χ2n) is 6.25. The summed E-state index contributed by atoms with van der Waals surface area (Å²) in [5, 5.41) is 9.11. The molecule has 1 aliphatic heterocycles. The number of carbonyl (C=O) groups is 2. The van der Waals surface area contributed by atoms with Gasteiger partial charge in [-0.25, -0.2) is 0 Å². The minimum Gasteiger partial charge on any atom is -0.481 e. The van der Waals surface area contributed by atoms with E-state index >= 15 is 0 Å². The van der Waals surface area contributed by atoms with Gasteiger partial charge >= 0.3 is 12.1 Å². The van der Waals surface area contributed by atoms with Gasteiger partial charge in [-0.05, 0) is 31.4 Å². The normalized spacial score (nSPS) is 22.4. The van der Waals surface area contributed by atoms with Crippen LogP contribution in [0.3, 0.4) is 0 Å². The molecule has 5 nitrogen and oxygen atoms in total. The maximum Gasteiger partial charge on any atom is 0.419 e. The van der Waals surface area contributed by atoms with Gasteiger partial charge in [-0.2, -0.15) is 13.2 Å². The number of carbonyl (C=O) groups excluding carboxylic acids is 1. The van der Waals surface area contributed by atoms with Gasteiger partial charge in [0.05, 0.1) is 11.5 Å². The Morgan fingerprint density at radius 2 is 1.96 bits per heavy atom. The van der Waals surface area contributed by atoms with Crippen LogP contribution in [0.2, 0.25) is 0 Å². The number of hydrogen-bond donors (Lipinski definition) is 1. The summed E-state index contributed by atoms with van der Waals surface area (Å²) in [6, 6.07) is 4.72. The number of aliphatic carboxylic acids is 1. The van der Waals surface area contributed by atoms with Crippen LogP contribution in [0.5, 0.6) is 5.75 Å². The predicted octanol–water partition coefficient (Wildman–Crippen LogP) is 3.04. The average molecular weight is 359 g/mol. The lowest BCUT2D eigenvalue weighted by Gasteiger charge is -2.36. The van der Waals surface area contributed by atoms with E-state index in [4.69, 9.17) is 9.84 Å². The van der Waals surface area contributed by atoms with Crippen molar-refractivity contribution >= 4 is 11.9 Å². The fraction of sp³-hybridized carbons (Fsp3) is 0.529. The van der Waals surface area contributed by atoms with Crippen LogP contribution in [0.1, 0.15) is 25.8 Å². The lowest BCUT2D eigenvalue weighted by Crippen LogP contribution is -2.49. The summed E-state index contributed by atoms with van der Waals surface area (Å²) >= 11 is 0. The van der Waals surface area contributed by atoms with Gasteiger partial charge in [0.25, 0.3) is 5.91 Å². The zero-order valence-corrected chi connectivity index (χ0v) is 13.9. The topological polar surface area (TPSA) is 66.8 Å². The second kappa shape index (κ2) is 7.33. The van der Waals surface area contributed by atoms with E-state index in [0.29, 0.717) is 6.42 Å². The molecule has 3 atom stereocenters. The fourth-order valence-electron chi connectivity index (χ4n) is 3.01. The van der Waals surface area contributed by atoms with Gasteiger partial charge in [0.2, 0.25) is 0 Å². The summed E-state index contributed by atoms with van der Waals surface area (Å²) in [5.74, 6) is -2.50. The van der Waals surface area contributed by atoms with Gasteiger partial charge in [0, 0.05) is 13.1 Å². The molecule has 1 aromatic rings. The smallest absolute Gasteiger partial charge is 0.419 e. The molecule has 0 aromatic heterocycles. The standard InChI is InChI=1S/C17H20F3NO4/c1-10-9-21(8-7-12(10)16(23)24)15(22)11(2)25-14-6-4-3-5-13(14)17(18,19)20/h3-6,10-12H,7-9H2,1-2H3,(H,23,24). The summed E-state index contributed by atoms with van der Waals surface area (Å²) in [4.78, 5) is 25.0. The Hall–Kier alpha value is -2.25. The number of carboxylic acid groups (broad SMARTS) is 1. The molecule has 138 valence electrons. The number of hydrogen-bond acceptors (Lipinski definition) is 3. The van der Waals surface area contributed by atoms with E-state index in [9.17, 15) is 22.8 Å². The Balaban J connectivity index is 2.06. The van der Waals surface area contributed by atoms with Crippen molar-refractivity contribution in [1.82, 2.24) is 4.90 Å². The molecule has 1 aliphatic rings. The van der Waals surface area contributed by atoms with Crippen LogP contribution in [0.4, 0.5) is 13.2 Å². The van der Waals surface area contributed by atoms with Gasteiger partial charge in [0.15, 0.2) is 6.10 Å². The molecule has 25 heavy (non-hydrogen) atoms. The van der Waals surface area contributed by atoms with Gasteiger partial charge in [-0.15, -0.1) is 0 Å². The van der Waals surface area contributed by atoms with Crippen molar-refractivity contribution < 1.29 is 32.6 Å². The van der Waals surface area contributed by atoms with E-state index in [2.05, 4.69) is 0 Å². The van der Waals surface area contributed by atoms with E-state index in [0.717, 1.165) is 6.07 Å². The third-order valence-electron chi connectivity index (χ3n) is 4.38. The van der Waals surface area contributed by atoms with E-state index in [-0.39, 0.29) is 19.0 Å². The monoisotopic (exact) mass is 359 g/mol. The molecule has 1 saturated heterocycles. The van der Waals surface area contributed by atoms with Crippen LogP contribution < -0.4 is 4.74 Å². The zero-order chi connectivity index (χ0) is 18.8. The SMILES string of the molecule is CC(Oc1ccccc1C(F)(F)F)C(=O)N1CCC(C(=O)O)C(C)C1. The molecule has 2 rings (SSSR count). The summed E-state index contributed by atoms with van der Waals surface area (Å²) in [6.07, 6.45) is -5.36. The molecule has 1 aromatic carbocycles. The quantitative estimate of drug-likeness (QED) is 0.897. The average Bonchev–Trinajstić information content (AvgIpc) is 2.53. The summed E-state index contributed by atoms with van der Waals surface area (Å²) in [6.45, 7) is 3.62. The zero-order valence-electron chi connectivity index (χ0n) is 13.9. The minimum atomic E-state index is -4.58. The van der Waals surface area contributed by atoms with Crippen LogP contribution in [0.25, 0.3) is 0 Å². The second-order valence-corrected chi connectivity index (χ2v) is 6.25. The number of benzene rings is 1. The molecule has 0 saturated carbocycles. The van der Waals surface area contributed by atoms with E-state index < -0.39 is 41.4 Å². The van der Waals surface area contributed by atoms with Gasteiger partial charge in [-0.3, -0.25) is 9.59 Å². The molecule has 0 aliphatic carbocycles. The molecule has 0 bridgehead atoms. The molecule has 1 heterocycles. The number of nitrogens with zero attached hydrogens (tertiary/aromatic N) is 1. The molecule has 0 radical (unpaired) electrons. The number of para-hydroxylation sites is 1. The molecular weight excluding hydrogens is 339 g/mol. The number of halogens is 3. The Bertz CT molecular complexity index is 647. The highest BCUT2D eigenvalue weighted by molar-refractivity contribution is 5.81. The number of likely N-dealkylation sites (tertiary alicyclic amines) is 1. The molecule has 0 spiro atoms. The minimum absolute atomic E-state index is 0.232. The van der Waals surface area contributed by atoms with Gasteiger partial charge in [-0.1, -0.05) is 19.1 Å². The van der Waals surface area contributed by atoms with Crippen LogP contribution in [0, 0.1) is 11.8 Å². The number of rotatable bonds is 4. The predicted molar refractivity (Wildman–Crippen MR) is 83.0 cm³/mol. The summed E-state index contributed by atoms with van der Waals surface area (Å²) < 4.78 is 44.2. The molecule has 3 unspecified atom stereocenters. The van der Waals surface area contributed by atoms with Crippen molar-refractivity contribution in [1.29, 1.82) is 0 Å². The fourth-order valence-corrected chi connectivity index (χ4v) is 3.01. The lowest BCUT2D eigenvalue weighted by molar-refractivity contribution is -0.150. The Kier molecular flexibility index (Phi) is 5.59. The van der Waals surface area contributed by atoms with Crippen LogP contribution >= 0.6 is 0 Å². The molecule has 1 amide bonds. The first-order valence-corrected chi connectivity index (χ1v) is 7.95. The van der Waals surface area contributed by atoms with Crippen LogP contribution in [-0.2, 0) is 15.8 Å². The highest BCUT2D eigenvalue weighted by Gasteiger charge is 2.37. The molecule has 8 heteroatoms. The Labute approximate surface area is 143 Å². The Morgan fingerprint density at radius 1 is 1.32 bits per heavy atom. The third kappa shape index (κ3) is 4.43. The maximum absolute atomic E-state index is 13.0. The summed E-state index contributed by atoms with van der Waals surface area (Å²) in [7, 11) is 0. The van der Waals surface area contributed by atoms with Crippen molar-refractivity contribution in [3.8, 4) is 5.75 Å². The first kappa shape index (κ1) is 19.1. The lowest BCUT2D eigenvalue weighted by atomic mass is 9.87. The number of alkyl halides is 3. The number of carboxylic acids is 1. The van der Waals surface area contributed by atoms with Crippen LogP contribution in [0.15, 0.2) is 24.3 Å². The molecule has 1 N–H and O–H groups in total. The molecule has 1 fully saturated rings. The third-order valence-corrected chi connectivity index (χ3v) is 4.38. The van der Waals surface area contributed by atoms with Gasteiger partial charge in [0.1, 0.15) is 5.75 Å². The van der Waals surface area contributed by atoms with E-state index in [1.165, 1.54) is 30.0 Å². The molecular formula is C17H20F3NO4. The first-order chi connectivity index (χ1) is 11.6. The van der Waals surface area contributed by atoms with Crippen molar-refractivity contribution in [2.45, 2.75) is 32.5 Å². The van der Waals surface area contributed by atoms with E-state index in [1.807, 2.05) is 0 Å². The number of amides is 1. The number of ether oxygens (including phenoxy) is 1. The maximum atomic E-state index is 13.0. The highest BCUT2D eigenvalue weighted by atomic mass is 19.4.